The summed E-state index contributed by atoms with van der Waals surface area (Å²) in [6.07, 6.45) is 2.96. The molecule has 21 heavy (non-hydrogen) atoms. The molecule has 6 heteroatoms. The van der Waals surface area contributed by atoms with Crippen LogP contribution in [0.1, 0.15) is 31.1 Å². The van der Waals surface area contributed by atoms with Gasteiger partial charge in [0.05, 0.1) is 5.88 Å². The first-order valence-corrected chi connectivity index (χ1v) is 9.93. The average Bonchev–Trinajstić information content (AvgIpc) is 2.86. The standard InChI is InChI=1S/C15H18ClNO2S2/c1-11-6-4-5-9-17(11)21(18,19)15-12-7-2-3-8-13(12)20-14(15)10-16/h2-3,7-8,11H,4-6,9-10H2,1H3. The molecule has 0 N–H and O–H groups in total. The van der Waals surface area contributed by atoms with E-state index in [4.69, 9.17) is 11.6 Å². The fraction of sp³-hybridized carbons (Fsp3) is 0.467. The van der Waals surface area contributed by atoms with Crippen LogP contribution in [-0.2, 0) is 15.9 Å². The summed E-state index contributed by atoms with van der Waals surface area (Å²) in [5, 5.41) is 0.802. The number of rotatable bonds is 3. The van der Waals surface area contributed by atoms with Crippen molar-refractivity contribution in [2.45, 2.75) is 43.0 Å². The summed E-state index contributed by atoms with van der Waals surface area (Å²) in [5.41, 5.74) is 0. The summed E-state index contributed by atoms with van der Waals surface area (Å²) in [6, 6.07) is 7.70. The first kappa shape index (κ1) is 15.3. The highest BCUT2D eigenvalue weighted by Crippen LogP contribution is 2.38. The van der Waals surface area contributed by atoms with E-state index in [1.807, 2.05) is 31.2 Å². The first-order chi connectivity index (χ1) is 10.1. The number of nitrogens with zero attached hydrogens (tertiary/aromatic N) is 1. The van der Waals surface area contributed by atoms with Crippen molar-refractivity contribution in [1.29, 1.82) is 0 Å². The van der Waals surface area contributed by atoms with E-state index in [1.54, 1.807) is 4.31 Å². The van der Waals surface area contributed by atoms with Crippen molar-refractivity contribution >= 4 is 43.0 Å². The molecule has 2 heterocycles. The van der Waals surface area contributed by atoms with Gasteiger partial charge < -0.3 is 0 Å². The number of alkyl halides is 1. The van der Waals surface area contributed by atoms with Crippen molar-refractivity contribution < 1.29 is 8.42 Å². The number of sulfonamides is 1. The molecule has 0 amide bonds. The van der Waals surface area contributed by atoms with E-state index in [-0.39, 0.29) is 11.9 Å². The van der Waals surface area contributed by atoms with Gasteiger partial charge >= 0.3 is 0 Å². The highest BCUT2D eigenvalue weighted by molar-refractivity contribution is 7.89. The molecule has 3 rings (SSSR count). The van der Waals surface area contributed by atoms with Crippen LogP contribution in [0.2, 0.25) is 0 Å². The van der Waals surface area contributed by atoms with Gasteiger partial charge in [0.2, 0.25) is 10.0 Å². The molecule has 1 aliphatic rings. The first-order valence-electron chi connectivity index (χ1n) is 7.14. The van der Waals surface area contributed by atoms with Crippen LogP contribution in [0.25, 0.3) is 10.1 Å². The lowest BCUT2D eigenvalue weighted by Gasteiger charge is -2.32. The van der Waals surface area contributed by atoms with Gasteiger partial charge in [-0.3, -0.25) is 0 Å². The molecule has 1 saturated heterocycles. The molecule has 0 saturated carbocycles. The third-order valence-electron chi connectivity index (χ3n) is 4.05. The number of halogens is 1. The monoisotopic (exact) mass is 343 g/mol. The molecule has 114 valence electrons. The molecular weight excluding hydrogens is 326 g/mol. The maximum Gasteiger partial charge on any atom is 0.245 e. The van der Waals surface area contributed by atoms with Gasteiger partial charge in [-0.15, -0.1) is 22.9 Å². The van der Waals surface area contributed by atoms with Crippen LogP contribution in [0.5, 0.6) is 0 Å². The minimum absolute atomic E-state index is 0.0607. The summed E-state index contributed by atoms with van der Waals surface area (Å²) < 4.78 is 28.9. The fourth-order valence-corrected chi connectivity index (χ4v) is 6.82. The summed E-state index contributed by atoms with van der Waals surface area (Å²) >= 11 is 7.49. The Morgan fingerprint density at radius 2 is 2.10 bits per heavy atom. The molecule has 0 spiro atoms. The van der Waals surface area contributed by atoms with Gasteiger partial charge in [0.15, 0.2) is 0 Å². The zero-order valence-electron chi connectivity index (χ0n) is 11.9. The average molecular weight is 344 g/mol. The lowest BCUT2D eigenvalue weighted by molar-refractivity contribution is 0.269. The molecule has 1 unspecified atom stereocenters. The lowest BCUT2D eigenvalue weighted by Crippen LogP contribution is -2.42. The van der Waals surface area contributed by atoms with Gasteiger partial charge in [-0.2, -0.15) is 4.31 Å². The summed E-state index contributed by atoms with van der Waals surface area (Å²) in [5.74, 6) is 0.232. The molecule has 1 aromatic carbocycles. The van der Waals surface area contributed by atoms with Gasteiger partial charge in [-0.05, 0) is 25.8 Å². The van der Waals surface area contributed by atoms with Crippen molar-refractivity contribution in [3.05, 3.63) is 29.1 Å². The molecule has 0 aliphatic carbocycles. The maximum atomic E-state index is 13.1. The Bertz CT molecular complexity index is 754. The maximum absolute atomic E-state index is 13.1. The molecule has 1 fully saturated rings. The fourth-order valence-electron chi connectivity index (χ4n) is 2.99. The smallest absolute Gasteiger partial charge is 0.207 e. The molecule has 3 nitrogen and oxygen atoms in total. The largest absolute Gasteiger partial charge is 0.245 e. The SMILES string of the molecule is CC1CCCCN1S(=O)(=O)c1c(CCl)sc2ccccc12. The zero-order chi connectivity index (χ0) is 15.0. The topological polar surface area (TPSA) is 37.4 Å². The van der Waals surface area contributed by atoms with E-state index in [2.05, 4.69) is 0 Å². The normalized spacial score (nSPS) is 21.0. The Morgan fingerprint density at radius 1 is 1.33 bits per heavy atom. The second kappa shape index (κ2) is 5.88. The predicted molar refractivity (Wildman–Crippen MR) is 88.6 cm³/mol. The zero-order valence-corrected chi connectivity index (χ0v) is 14.3. The minimum Gasteiger partial charge on any atom is -0.207 e. The van der Waals surface area contributed by atoms with E-state index < -0.39 is 10.0 Å². The van der Waals surface area contributed by atoms with E-state index in [9.17, 15) is 8.42 Å². The predicted octanol–water partition coefficient (Wildman–Crippen LogP) is 4.20. The third kappa shape index (κ3) is 2.61. The lowest BCUT2D eigenvalue weighted by atomic mass is 10.1. The number of hydrogen-bond acceptors (Lipinski definition) is 3. The Balaban J connectivity index is 2.18. The van der Waals surface area contributed by atoms with E-state index in [0.29, 0.717) is 11.4 Å². The number of thiophene rings is 1. The minimum atomic E-state index is -3.48. The number of piperidine rings is 1. The Kier molecular flexibility index (Phi) is 4.28. The van der Waals surface area contributed by atoms with Crippen LogP contribution in [0.3, 0.4) is 0 Å². The van der Waals surface area contributed by atoms with Crippen molar-refractivity contribution in [3.63, 3.8) is 0 Å². The van der Waals surface area contributed by atoms with Crippen molar-refractivity contribution in [1.82, 2.24) is 4.31 Å². The van der Waals surface area contributed by atoms with Gasteiger partial charge in [-0.25, -0.2) is 8.42 Å². The van der Waals surface area contributed by atoms with Crippen molar-refractivity contribution in [2.75, 3.05) is 6.54 Å². The van der Waals surface area contributed by atoms with Crippen LogP contribution in [0, 0.1) is 0 Å². The highest BCUT2D eigenvalue weighted by Gasteiger charge is 2.34. The van der Waals surface area contributed by atoms with E-state index in [0.717, 1.165) is 34.2 Å². The van der Waals surface area contributed by atoms with Crippen LogP contribution in [0.15, 0.2) is 29.2 Å². The Morgan fingerprint density at radius 3 is 2.81 bits per heavy atom. The third-order valence-corrected chi connectivity index (χ3v) is 7.92. The number of hydrogen-bond donors (Lipinski definition) is 0. The van der Waals surface area contributed by atoms with Crippen LogP contribution >= 0.6 is 22.9 Å². The number of fused-ring (bicyclic) bond motifs is 1. The van der Waals surface area contributed by atoms with Gasteiger partial charge in [-0.1, -0.05) is 24.6 Å². The van der Waals surface area contributed by atoms with Gasteiger partial charge in [0, 0.05) is 27.5 Å². The summed E-state index contributed by atoms with van der Waals surface area (Å²) in [4.78, 5) is 1.17. The molecule has 0 bridgehead atoms. The van der Waals surface area contributed by atoms with Crippen LogP contribution in [0.4, 0.5) is 0 Å². The van der Waals surface area contributed by atoms with E-state index in [1.165, 1.54) is 11.3 Å². The van der Waals surface area contributed by atoms with Crippen LogP contribution in [-0.4, -0.2) is 25.3 Å². The quantitative estimate of drug-likeness (QED) is 0.783. The number of benzene rings is 1. The van der Waals surface area contributed by atoms with Crippen LogP contribution < -0.4 is 0 Å². The van der Waals surface area contributed by atoms with E-state index >= 15 is 0 Å². The Hall–Kier alpha value is -0.620. The molecular formula is C15H18ClNO2S2. The second-order valence-electron chi connectivity index (χ2n) is 5.44. The highest BCUT2D eigenvalue weighted by atomic mass is 35.5. The van der Waals surface area contributed by atoms with Gasteiger partial charge in [0.25, 0.3) is 0 Å². The molecule has 2 aromatic rings. The second-order valence-corrected chi connectivity index (χ2v) is 8.68. The molecule has 1 aliphatic heterocycles. The van der Waals surface area contributed by atoms with Crippen molar-refractivity contribution in [3.8, 4) is 0 Å². The summed E-state index contributed by atoms with van der Waals surface area (Å²) in [7, 11) is -3.48. The van der Waals surface area contributed by atoms with Crippen molar-refractivity contribution in [2.24, 2.45) is 0 Å². The Labute approximate surface area is 134 Å². The molecule has 1 atom stereocenters. The van der Waals surface area contributed by atoms with Gasteiger partial charge in [0.1, 0.15) is 4.90 Å². The molecule has 0 radical (unpaired) electrons. The summed E-state index contributed by atoms with van der Waals surface area (Å²) in [6.45, 7) is 2.60. The molecule has 1 aromatic heterocycles.